The van der Waals surface area contributed by atoms with Crippen molar-refractivity contribution in [3.8, 4) is 11.4 Å². The normalized spacial score (nSPS) is 11.0. The van der Waals surface area contributed by atoms with Gasteiger partial charge in [-0.3, -0.25) is 9.20 Å². The van der Waals surface area contributed by atoms with E-state index in [0.29, 0.717) is 5.69 Å². The van der Waals surface area contributed by atoms with Gasteiger partial charge in [-0.25, -0.2) is 4.98 Å². The fourth-order valence-electron chi connectivity index (χ4n) is 2.18. The molecule has 4 heteroatoms. The van der Waals surface area contributed by atoms with Gasteiger partial charge in [0.2, 0.25) is 0 Å². The molecule has 3 heterocycles. The largest absolute Gasteiger partial charge is 0.349 e. The van der Waals surface area contributed by atoms with Crippen molar-refractivity contribution >= 4 is 11.9 Å². The number of carbonyl (C=O) groups excluding carboxylic acids is 1. The number of aldehydes is 1. The lowest BCUT2D eigenvalue weighted by atomic mass is 10.2. The van der Waals surface area contributed by atoms with Crippen LogP contribution in [0.1, 0.15) is 16.1 Å². The average Bonchev–Trinajstić information content (AvgIpc) is 2.91. The van der Waals surface area contributed by atoms with E-state index < -0.39 is 0 Å². The summed E-state index contributed by atoms with van der Waals surface area (Å²) in [5, 5.41) is 0. The Balaban J connectivity index is 2.37. The van der Waals surface area contributed by atoms with Crippen LogP contribution in [0.5, 0.6) is 0 Å². The number of hydrogen-bond donors (Lipinski definition) is 0. The highest BCUT2D eigenvalue weighted by Gasteiger charge is 2.15. The van der Waals surface area contributed by atoms with Gasteiger partial charge >= 0.3 is 0 Å². The van der Waals surface area contributed by atoms with Gasteiger partial charge in [0.25, 0.3) is 0 Å². The lowest BCUT2D eigenvalue weighted by Gasteiger charge is -2.00. The molecule has 3 aromatic heterocycles. The third kappa shape index (κ3) is 1.46. The summed E-state index contributed by atoms with van der Waals surface area (Å²) in [5.74, 6) is 0. The Bertz CT molecular complexity index is 737. The SMILES string of the molecule is Cc1ccc2nc(-c3cccn3C)c(C=O)n2c1. The van der Waals surface area contributed by atoms with Crippen molar-refractivity contribution in [2.45, 2.75) is 6.92 Å². The molecule has 0 spiro atoms. The summed E-state index contributed by atoms with van der Waals surface area (Å²) in [7, 11) is 1.94. The van der Waals surface area contributed by atoms with E-state index in [1.807, 2.05) is 59.6 Å². The van der Waals surface area contributed by atoms with Gasteiger partial charge in [-0.2, -0.15) is 0 Å². The Hall–Kier alpha value is -2.36. The highest BCUT2D eigenvalue weighted by molar-refractivity contribution is 5.85. The molecule has 0 aliphatic carbocycles. The number of fused-ring (bicyclic) bond motifs is 1. The smallest absolute Gasteiger partial charge is 0.169 e. The van der Waals surface area contributed by atoms with E-state index in [-0.39, 0.29) is 0 Å². The molecule has 0 radical (unpaired) electrons. The molecule has 0 aromatic carbocycles. The van der Waals surface area contributed by atoms with Crippen LogP contribution in [0, 0.1) is 6.92 Å². The number of hydrogen-bond acceptors (Lipinski definition) is 2. The van der Waals surface area contributed by atoms with Crippen LogP contribution in [0.4, 0.5) is 0 Å². The Morgan fingerprint density at radius 1 is 1.28 bits per heavy atom. The number of aromatic nitrogens is 3. The molecule has 0 atom stereocenters. The van der Waals surface area contributed by atoms with Crippen LogP contribution in [0.25, 0.3) is 17.0 Å². The maximum atomic E-state index is 11.4. The molecule has 0 saturated heterocycles. The standard InChI is InChI=1S/C14H13N3O/c1-10-5-6-13-15-14(11-4-3-7-16(11)2)12(9-18)17(13)8-10/h3-9H,1-2H3. The topological polar surface area (TPSA) is 39.3 Å². The predicted octanol–water partition coefficient (Wildman–Crippen LogP) is 2.46. The van der Waals surface area contributed by atoms with Crippen LogP contribution in [0.3, 0.4) is 0 Å². The first-order valence-corrected chi connectivity index (χ1v) is 5.76. The molecule has 3 rings (SSSR count). The molecular weight excluding hydrogens is 226 g/mol. The molecule has 0 saturated carbocycles. The second-order valence-electron chi connectivity index (χ2n) is 4.40. The summed E-state index contributed by atoms with van der Waals surface area (Å²) in [6, 6.07) is 7.82. The predicted molar refractivity (Wildman–Crippen MR) is 69.7 cm³/mol. The van der Waals surface area contributed by atoms with Gasteiger partial charge in [0.05, 0.1) is 5.69 Å². The Morgan fingerprint density at radius 2 is 2.11 bits per heavy atom. The number of aryl methyl sites for hydroxylation is 2. The quantitative estimate of drug-likeness (QED) is 0.644. The van der Waals surface area contributed by atoms with E-state index in [0.717, 1.165) is 28.9 Å². The van der Waals surface area contributed by atoms with Gasteiger partial charge in [-0.05, 0) is 30.7 Å². The molecule has 0 aliphatic heterocycles. The van der Waals surface area contributed by atoms with Gasteiger partial charge in [0.15, 0.2) is 6.29 Å². The summed E-state index contributed by atoms with van der Waals surface area (Å²) in [4.78, 5) is 15.9. The molecule has 90 valence electrons. The molecule has 0 aliphatic rings. The first kappa shape index (κ1) is 10.8. The fraction of sp³-hybridized carbons (Fsp3) is 0.143. The highest BCUT2D eigenvalue weighted by Crippen LogP contribution is 2.23. The fourth-order valence-corrected chi connectivity index (χ4v) is 2.18. The van der Waals surface area contributed by atoms with Gasteiger partial charge in [0.1, 0.15) is 17.0 Å². The van der Waals surface area contributed by atoms with Crippen LogP contribution in [0.15, 0.2) is 36.7 Å². The van der Waals surface area contributed by atoms with Crippen molar-refractivity contribution in [2.75, 3.05) is 0 Å². The zero-order chi connectivity index (χ0) is 12.7. The third-order valence-corrected chi connectivity index (χ3v) is 3.10. The molecule has 3 aromatic rings. The maximum Gasteiger partial charge on any atom is 0.169 e. The van der Waals surface area contributed by atoms with Gasteiger partial charge < -0.3 is 4.57 Å². The van der Waals surface area contributed by atoms with E-state index in [4.69, 9.17) is 0 Å². The second-order valence-corrected chi connectivity index (χ2v) is 4.40. The van der Waals surface area contributed by atoms with Gasteiger partial charge in [-0.15, -0.1) is 0 Å². The summed E-state index contributed by atoms with van der Waals surface area (Å²) in [5.41, 5.74) is 4.15. The number of rotatable bonds is 2. The van der Waals surface area contributed by atoms with Gasteiger partial charge in [0, 0.05) is 19.4 Å². The van der Waals surface area contributed by atoms with Crippen molar-refractivity contribution in [1.29, 1.82) is 0 Å². The molecule has 0 N–H and O–H groups in total. The zero-order valence-electron chi connectivity index (χ0n) is 10.3. The van der Waals surface area contributed by atoms with Gasteiger partial charge in [-0.1, -0.05) is 6.07 Å². The van der Waals surface area contributed by atoms with E-state index in [2.05, 4.69) is 4.98 Å². The van der Waals surface area contributed by atoms with Crippen LogP contribution in [-0.4, -0.2) is 20.2 Å². The second kappa shape index (κ2) is 3.84. The summed E-state index contributed by atoms with van der Waals surface area (Å²) in [6.45, 7) is 2.00. The molecule has 4 nitrogen and oxygen atoms in total. The Morgan fingerprint density at radius 3 is 2.78 bits per heavy atom. The van der Waals surface area contributed by atoms with Crippen molar-refractivity contribution in [2.24, 2.45) is 7.05 Å². The van der Waals surface area contributed by atoms with Crippen molar-refractivity contribution in [3.05, 3.63) is 47.9 Å². The number of carbonyl (C=O) groups is 1. The lowest BCUT2D eigenvalue weighted by molar-refractivity contribution is 0.111. The average molecular weight is 239 g/mol. The molecule has 0 unspecified atom stereocenters. The zero-order valence-corrected chi connectivity index (χ0v) is 10.3. The van der Waals surface area contributed by atoms with E-state index in [1.54, 1.807) is 0 Å². The minimum absolute atomic E-state index is 0.593. The minimum atomic E-state index is 0.593. The Kier molecular flexibility index (Phi) is 2.30. The van der Waals surface area contributed by atoms with Crippen molar-refractivity contribution in [3.63, 3.8) is 0 Å². The summed E-state index contributed by atoms with van der Waals surface area (Å²) in [6.07, 6.45) is 4.74. The first-order chi connectivity index (χ1) is 8.70. The van der Waals surface area contributed by atoms with E-state index in [9.17, 15) is 4.79 Å². The van der Waals surface area contributed by atoms with Crippen LogP contribution < -0.4 is 0 Å². The summed E-state index contributed by atoms with van der Waals surface area (Å²) >= 11 is 0. The van der Waals surface area contributed by atoms with Crippen molar-refractivity contribution in [1.82, 2.24) is 14.0 Å². The first-order valence-electron chi connectivity index (χ1n) is 5.76. The monoisotopic (exact) mass is 239 g/mol. The molecular formula is C14H13N3O. The summed E-state index contributed by atoms with van der Waals surface area (Å²) < 4.78 is 3.80. The highest BCUT2D eigenvalue weighted by atomic mass is 16.1. The minimum Gasteiger partial charge on any atom is -0.349 e. The van der Waals surface area contributed by atoms with Crippen LogP contribution in [-0.2, 0) is 7.05 Å². The number of nitrogens with zero attached hydrogens (tertiary/aromatic N) is 3. The third-order valence-electron chi connectivity index (χ3n) is 3.10. The molecule has 0 fully saturated rings. The number of imidazole rings is 1. The molecule has 0 bridgehead atoms. The molecule has 0 amide bonds. The van der Waals surface area contributed by atoms with Crippen LogP contribution in [0.2, 0.25) is 0 Å². The molecule has 18 heavy (non-hydrogen) atoms. The number of pyridine rings is 1. The van der Waals surface area contributed by atoms with Crippen LogP contribution >= 0.6 is 0 Å². The Labute approximate surface area is 105 Å². The maximum absolute atomic E-state index is 11.4. The van der Waals surface area contributed by atoms with E-state index in [1.165, 1.54) is 0 Å². The van der Waals surface area contributed by atoms with Crippen molar-refractivity contribution < 1.29 is 4.79 Å². The lowest BCUT2D eigenvalue weighted by Crippen LogP contribution is -1.95. The van der Waals surface area contributed by atoms with E-state index >= 15 is 0 Å².